The van der Waals surface area contributed by atoms with Crippen LogP contribution in [0.3, 0.4) is 0 Å². The molecule has 0 radical (unpaired) electrons. The summed E-state index contributed by atoms with van der Waals surface area (Å²) in [5, 5.41) is 3.17. The molecule has 1 saturated carbocycles. The average molecular weight is 313 g/mol. The minimum absolute atomic E-state index is 0.0479. The number of pyridine rings is 2. The van der Waals surface area contributed by atoms with Gasteiger partial charge in [0, 0.05) is 23.5 Å². The maximum atomic E-state index is 12.3. The van der Waals surface area contributed by atoms with Crippen molar-refractivity contribution in [3.8, 4) is 0 Å². The van der Waals surface area contributed by atoms with Gasteiger partial charge in [0.15, 0.2) is 0 Å². The summed E-state index contributed by atoms with van der Waals surface area (Å²) in [6.45, 7) is 2.05. The van der Waals surface area contributed by atoms with E-state index in [4.69, 9.17) is 0 Å². The molecular formula is C17H19N3OS. The highest BCUT2D eigenvalue weighted by molar-refractivity contribution is 8.00. The molecule has 3 rings (SSSR count). The number of carbonyl (C=O) groups is 1. The first kappa shape index (κ1) is 15.0. The number of amides is 1. The third-order valence-electron chi connectivity index (χ3n) is 3.77. The van der Waals surface area contributed by atoms with Gasteiger partial charge in [-0.3, -0.25) is 14.8 Å². The van der Waals surface area contributed by atoms with Gasteiger partial charge in [0.2, 0.25) is 5.91 Å². The van der Waals surface area contributed by atoms with E-state index in [0.717, 1.165) is 16.2 Å². The number of carbonyl (C=O) groups excluding carboxylic acids is 1. The van der Waals surface area contributed by atoms with Crippen molar-refractivity contribution in [2.24, 2.45) is 5.92 Å². The van der Waals surface area contributed by atoms with Gasteiger partial charge in [-0.2, -0.15) is 0 Å². The molecule has 1 unspecified atom stereocenters. The van der Waals surface area contributed by atoms with Gasteiger partial charge in [-0.25, -0.2) is 0 Å². The number of hydrogen-bond acceptors (Lipinski definition) is 4. The lowest BCUT2D eigenvalue weighted by Gasteiger charge is -2.19. The summed E-state index contributed by atoms with van der Waals surface area (Å²) in [6, 6.07) is 7.87. The summed E-state index contributed by atoms with van der Waals surface area (Å²) >= 11 is 1.53. The molecule has 1 amide bonds. The van der Waals surface area contributed by atoms with Gasteiger partial charge < -0.3 is 5.32 Å². The maximum absolute atomic E-state index is 12.3. The second kappa shape index (κ2) is 6.92. The topological polar surface area (TPSA) is 54.9 Å². The smallest absolute Gasteiger partial charge is 0.230 e. The van der Waals surface area contributed by atoms with E-state index in [1.54, 1.807) is 18.6 Å². The van der Waals surface area contributed by atoms with E-state index >= 15 is 0 Å². The van der Waals surface area contributed by atoms with Crippen molar-refractivity contribution in [2.45, 2.75) is 30.7 Å². The minimum atomic E-state index is 0.0479. The molecule has 0 aliphatic heterocycles. The Hall–Kier alpha value is -1.88. The van der Waals surface area contributed by atoms with Crippen molar-refractivity contribution in [3.05, 3.63) is 54.1 Å². The average Bonchev–Trinajstić information content (AvgIpc) is 3.37. The summed E-state index contributed by atoms with van der Waals surface area (Å²) in [4.78, 5) is 21.8. The van der Waals surface area contributed by atoms with Crippen molar-refractivity contribution in [2.75, 3.05) is 5.75 Å². The van der Waals surface area contributed by atoms with Gasteiger partial charge in [0.1, 0.15) is 0 Å². The lowest BCUT2D eigenvalue weighted by Crippen LogP contribution is -2.32. The number of rotatable bonds is 6. The lowest BCUT2D eigenvalue weighted by atomic mass is 10.0. The van der Waals surface area contributed by atoms with Gasteiger partial charge in [-0.1, -0.05) is 6.07 Å². The summed E-state index contributed by atoms with van der Waals surface area (Å²) in [5.41, 5.74) is 2.15. The van der Waals surface area contributed by atoms with Gasteiger partial charge in [0.05, 0.1) is 17.5 Å². The Balaban J connectivity index is 1.62. The summed E-state index contributed by atoms with van der Waals surface area (Å²) < 4.78 is 0. The minimum Gasteiger partial charge on any atom is -0.347 e. The van der Waals surface area contributed by atoms with Crippen molar-refractivity contribution in [1.29, 1.82) is 0 Å². The molecule has 1 aliphatic rings. The zero-order valence-corrected chi connectivity index (χ0v) is 13.3. The predicted molar refractivity (Wildman–Crippen MR) is 87.5 cm³/mol. The molecular weight excluding hydrogens is 294 g/mol. The van der Waals surface area contributed by atoms with Crippen LogP contribution in [0, 0.1) is 12.8 Å². The van der Waals surface area contributed by atoms with Crippen LogP contribution in [0.25, 0.3) is 0 Å². The Morgan fingerprint density at radius 2 is 2.09 bits per heavy atom. The fraction of sp³-hybridized carbons (Fsp3) is 0.353. The molecule has 22 heavy (non-hydrogen) atoms. The number of thioether (sulfide) groups is 1. The first-order valence-corrected chi connectivity index (χ1v) is 8.46. The van der Waals surface area contributed by atoms with Crippen molar-refractivity contribution in [3.63, 3.8) is 0 Å². The third kappa shape index (κ3) is 3.85. The Labute approximate surface area is 134 Å². The third-order valence-corrected chi connectivity index (χ3v) is 4.79. The quantitative estimate of drug-likeness (QED) is 0.832. The normalized spacial score (nSPS) is 15.3. The highest BCUT2D eigenvalue weighted by Crippen LogP contribution is 2.41. The zero-order chi connectivity index (χ0) is 15.4. The standard InChI is InChI=1S/C17H19N3OS/c1-12-3-2-8-19-16(12)17(13-4-5-13)20-15(21)11-22-14-6-9-18-10-7-14/h2-3,6-10,13,17H,4-5,11H2,1H3,(H,20,21). The molecule has 1 atom stereocenters. The van der Waals surface area contributed by atoms with Crippen LogP contribution in [0.5, 0.6) is 0 Å². The molecule has 2 heterocycles. The molecule has 2 aromatic heterocycles. The molecule has 1 aliphatic carbocycles. The van der Waals surface area contributed by atoms with E-state index in [0.29, 0.717) is 11.7 Å². The Morgan fingerprint density at radius 1 is 1.32 bits per heavy atom. The van der Waals surface area contributed by atoms with Crippen LogP contribution in [-0.2, 0) is 4.79 Å². The van der Waals surface area contributed by atoms with Crippen LogP contribution in [0.2, 0.25) is 0 Å². The Bertz CT molecular complexity index is 643. The molecule has 0 saturated heterocycles. The number of aryl methyl sites for hydroxylation is 1. The molecule has 0 bridgehead atoms. The lowest BCUT2D eigenvalue weighted by molar-refractivity contribution is -0.119. The van der Waals surface area contributed by atoms with E-state index in [9.17, 15) is 4.79 Å². The van der Waals surface area contributed by atoms with Gasteiger partial charge in [-0.15, -0.1) is 11.8 Å². The first-order chi connectivity index (χ1) is 10.7. The van der Waals surface area contributed by atoms with Crippen LogP contribution in [0.1, 0.15) is 30.1 Å². The monoisotopic (exact) mass is 313 g/mol. The SMILES string of the molecule is Cc1cccnc1C(NC(=O)CSc1ccncc1)C1CC1. The summed E-state index contributed by atoms with van der Waals surface area (Å²) in [7, 11) is 0. The van der Waals surface area contributed by atoms with Crippen LogP contribution >= 0.6 is 11.8 Å². The molecule has 0 spiro atoms. The molecule has 114 valence electrons. The fourth-order valence-electron chi connectivity index (χ4n) is 2.46. The van der Waals surface area contributed by atoms with Crippen LogP contribution in [0.15, 0.2) is 47.8 Å². The summed E-state index contributed by atoms with van der Waals surface area (Å²) in [6.07, 6.45) is 7.61. The maximum Gasteiger partial charge on any atom is 0.230 e. The van der Waals surface area contributed by atoms with E-state index < -0.39 is 0 Å². The van der Waals surface area contributed by atoms with Crippen molar-refractivity contribution >= 4 is 17.7 Å². The highest BCUT2D eigenvalue weighted by Gasteiger charge is 2.34. The molecule has 5 heteroatoms. The van der Waals surface area contributed by atoms with E-state index in [1.165, 1.54) is 24.6 Å². The number of hydrogen-bond donors (Lipinski definition) is 1. The largest absolute Gasteiger partial charge is 0.347 e. The highest BCUT2D eigenvalue weighted by atomic mass is 32.2. The predicted octanol–water partition coefficient (Wildman–Crippen LogP) is 3.14. The van der Waals surface area contributed by atoms with Crippen molar-refractivity contribution in [1.82, 2.24) is 15.3 Å². The van der Waals surface area contributed by atoms with Crippen LogP contribution < -0.4 is 5.32 Å². The van der Waals surface area contributed by atoms with E-state index in [1.807, 2.05) is 18.2 Å². The van der Waals surface area contributed by atoms with E-state index in [-0.39, 0.29) is 11.9 Å². The second-order valence-corrected chi connectivity index (χ2v) is 6.61. The number of nitrogens with one attached hydrogen (secondary N) is 1. The van der Waals surface area contributed by atoms with Crippen LogP contribution in [0.4, 0.5) is 0 Å². The molecule has 2 aromatic rings. The summed E-state index contributed by atoms with van der Waals surface area (Å²) in [5.74, 6) is 1.01. The number of nitrogens with zero attached hydrogens (tertiary/aromatic N) is 2. The fourth-order valence-corrected chi connectivity index (χ4v) is 3.16. The van der Waals surface area contributed by atoms with Crippen molar-refractivity contribution < 1.29 is 4.79 Å². The molecule has 0 aromatic carbocycles. The van der Waals surface area contributed by atoms with Crippen LogP contribution in [-0.4, -0.2) is 21.6 Å². The Kier molecular flexibility index (Phi) is 4.73. The molecule has 1 fully saturated rings. The van der Waals surface area contributed by atoms with E-state index in [2.05, 4.69) is 28.3 Å². The molecule has 4 nitrogen and oxygen atoms in total. The Morgan fingerprint density at radius 3 is 2.77 bits per heavy atom. The van der Waals surface area contributed by atoms with Gasteiger partial charge in [-0.05, 0) is 49.4 Å². The van der Waals surface area contributed by atoms with Gasteiger partial charge >= 0.3 is 0 Å². The second-order valence-electron chi connectivity index (χ2n) is 5.56. The number of aromatic nitrogens is 2. The zero-order valence-electron chi connectivity index (χ0n) is 12.5. The first-order valence-electron chi connectivity index (χ1n) is 7.48. The molecule has 1 N–H and O–H groups in total. The van der Waals surface area contributed by atoms with Gasteiger partial charge in [0.25, 0.3) is 0 Å².